The van der Waals surface area contributed by atoms with Gasteiger partial charge in [-0.05, 0) is 36.4 Å². The van der Waals surface area contributed by atoms with Crippen molar-refractivity contribution in [3.8, 4) is 23.0 Å². The molecule has 0 fully saturated rings. The van der Waals surface area contributed by atoms with Crippen LogP contribution in [0.1, 0.15) is 0 Å². The van der Waals surface area contributed by atoms with Crippen LogP contribution < -0.4 is 19.5 Å². The molecule has 0 aromatic heterocycles. The highest BCUT2D eigenvalue weighted by atomic mass is 32.3. The Balaban J connectivity index is 1.85. The Morgan fingerprint density at radius 2 is 1.12 bits per heavy atom. The SMILES string of the molecule is CNc1ccc2c(O)c(/N=N/c3cc(OC)c(S(=O)(=O)CCOS(=O)(=O)O)cc3OC)c(S(=O)(=O)O)cc2c1/N=N/c1cc(S(=O)(=O)CCOS(=O)(=O)O)ccc1OC. The van der Waals surface area contributed by atoms with Crippen molar-refractivity contribution in [1.29, 1.82) is 0 Å². The van der Waals surface area contributed by atoms with E-state index in [2.05, 4.69) is 34.1 Å². The van der Waals surface area contributed by atoms with Crippen LogP contribution in [0.25, 0.3) is 10.8 Å². The molecule has 322 valence electrons. The quantitative estimate of drug-likeness (QED) is 0.0658. The molecule has 0 saturated carbocycles. The number of sulfone groups is 2. The number of rotatable bonds is 19. The molecule has 0 bridgehead atoms. The topological polar surface area (TPSA) is 359 Å². The zero-order valence-corrected chi connectivity index (χ0v) is 34.8. The Kier molecular flexibility index (Phi) is 14.2. The van der Waals surface area contributed by atoms with Crippen LogP contribution in [0.15, 0.2) is 83.7 Å². The minimum Gasteiger partial charge on any atom is -0.505 e. The van der Waals surface area contributed by atoms with Crippen molar-refractivity contribution in [2.45, 2.75) is 14.7 Å². The largest absolute Gasteiger partial charge is 0.505 e. The van der Waals surface area contributed by atoms with E-state index < -0.39 is 96.5 Å². The lowest BCUT2D eigenvalue weighted by atomic mass is 10.1. The lowest BCUT2D eigenvalue weighted by Gasteiger charge is -2.14. The molecule has 24 nitrogen and oxygen atoms in total. The highest BCUT2D eigenvalue weighted by Crippen LogP contribution is 2.47. The van der Waals surface area contributed by atoms with E-state index in [0.717, 1.165) is 44.6 Å². The van der Waals surface area contributed by atoms with E-state index in [9.17, 15) is 51.7 Å². The van der Waals surface area contributed by atoms with Crippen molar-refractivity contribution in [2.24, 2.45) is 20.5 Å². The van der Waals surface area contributed by atoms with E-state index in [-0.39, 0.29) is 55.7 Å². The molecule has 0 heterocycles. The number of anilines is 1. The molecule has 0 amide bonds. The predicted octanol–water partition coefficient (Wildman–Crippen LogP) is 3.88. The summed E-state index contributed by atoms with van der Waals surface area (Å²) >= 11 is 0. The second kappa shape index (κ2) is 18.0. The summed E-state index contributed by atoms with van der Waals surface area (Å²) in [5.74, 6) is -3.33. The van der Waals surface area contributed by atoms with Crippen molar-refractivity contribution < 1.29 is 83.4 Å². The summed E-state index contributed by atoms with van der Waals surface area (Å²) in [6.45, 7) is -1.87. The third-order valence-corrected chi connectivity index (χ3v) is 12.9. The lowest BCUT2D eigenvalue weighted by Crippen LogP contribution is -2.16. The second-order valence-corrected chi connectivity index (χ2v) is 19.2. The fourth-order valence-electron chi connectivity index (χ4n) is 5.06. The molecule has 4 aromatic rings. The van der Waals surface area contributed by atoms with Crippen LogP contribution in [-0.4, -0.2) is 114 Å². The van der Waals surface area contributed by atoms with Crippen LogP contribution in [0.2, 0.25) is 0 Å². The van der Waals surface area contributed by atoms with Crippen LogP contribution in [0.5, 0.6) is 23.0 Å². The van der Waals surface area contributed by atoms with Crippen molar-refractivity contribution in [2.75, 3.05) is 58.4 Å². The lowest BCUT2D eigenvalue weighted by molar-refractivity contribution is 0.282. The van der Waals surface area contributed by atoms with E-state index in [4.69, 9.17) is 23.3 Å². The Hall–Kier alpha value is -5.11. The van der Waals surface area contributed by atoms with Crippen LogP contribution in [0, 0.1) is 0 Å². The predicted molar refractivity (Wildman–Crippen MR) is 205 cm³/mol. The molecule has 29 heteroatoms. The summed E-state index contributed by atoms with van der Waals surface area (Å²) in [5.41, 5.74) is -1.27. The fourth-order valence-corrected chi connectivity index (χ4v) is 8.87. The first-order chi connectivity index (χ1) is 27.4. The Morgan fingerprint density at radius 3 is 1.64 bits per heavy atom. The first-order valence-corrected chi connectivity index (χ1v) is 23.3. The van der Waals surface area contributed by atoms with Crippen LogP contribution in [0.3, 0.4) is 0 Å². The molecule has 5 N–H and O–H groups in total. The summed E-state index contributed by atoms with van der Waals surface area (Å²) in [7, 11) is -18.8. The summed E-state index contributed by atoms with van der Waals surface area (Å²) in [5, 5.41) is 29.9. The molecule has 0 spiro atoms. The molecule has 0 aliphatic heterocycles. The van der Waals surface area contributed by atoms with Gasteiger partial charge >= 0.3 is 20.8 Å². The number of fused-ring (bicyclic) bond motifs is 1. The van der Waals surface area contributed by atoms with E-state index in [1.165, 1.54) is 32.4 Å². The number of phenols is 1. The molecular formula is C30H33N5O19S5. The van der Waals surface area contributed by atoms with Crippen molar-refractivity contribution in [1.82, 2.24) is 0 Å². The van der Waals surface area contributed by atoms with Crippen molar-refractivity contribution >= 4 is 89.8 Å². The maximum absolute atomic E-state index is 13.0. The molecule has 0 aliphatic carbocycles. The maximum Gasteiger partial charge on any atom is 0.397 e. The molecular weight excluding hydrogens is 895 g/mol. The monoisotopic (exact) mass is 927 g/mol. The number of methoxy groups -OCH3 is 3. The summed E-state index contributed by atoms with van der Waals surface area (Å²) < 4.78 is 172. The molecule has 0 aliphatic rings. The Bertz CT molecular complexity index is 2900. The summed E-state index contributed by atoms with van der Waals surface area (Å²) in [6, 6.07) is 8.89. The van der Waals surface area contributed by atoms with Gasteiger partial charge in [-0.15, -0.1) is 20.5 Å². The summed E-state index contributed by atoms with van der Waals surface area (Å²) in [6.07, 6.45) is 0. The number of azo groups is 2. The highest BCUT2D eigenvalue weighted by Gasteiger charge is 2.27. The number of hydrogen-bond acceptors (Lipinski definition) is 21. The van der Waals surface area contributed by atoms with Gasteiger partial charge in [0, 0.05) is 30.0 Å². The van der Waals surface area contributed by atoms with Crippen LogP contribution in [-0.2, 0) is 59.0 Å². The molecule has 4 aromatic carbocycles. The first-order valence-electron chi connectivity index (χ1n) is 15.8. The smallest absolute Gasteiger partial charge is 0.397 e. The molecule has 0 saturated heterocycles. The maximum atomic E-state index is 13.0. The zero-order valence-electron chi connectivity index (χ0n) is 30.7. The number of aromatic hydroxyl groups is 1. The number of benzene rings is 4. The van der Waals surface area contributed by atoms with Crippen LogP contribution in [0.4, 0.5) is 28.4 Å². The first kappa shape index (κ1) is 46.6. The van der Waals surface area contributed by atoms with Crippen molar-refractivity contribution in [3.63, 3.8) is 0 Å². The minimum atomic E-state index is -5.24. The van der Waals surface area contributed by atoms with Gasteiger partial charge in [0.05, 0.1) is 56.6 Å². The van der Waals surface area contributed by atoms with E-state index in [1.807, 2.05) is 0 Å². The van der Waals surface area contributed by atoms with Gasteiger partial charge in [0.25, 0.3) is 10.1 Å². The van der Waals surface area contributed by atoms with E-state index in [0.29, 0.717) is 0 Å². The van der Waals surface area contributed by atoms with Gasteiger partial charge in [-0.2, -0.15) is 25.3 Å². The Morgan fingerprint density at radius 1 is 0.576 bits per heavy atom. The molecule has 0 radical (unpaired) electrons. The molecule has 59 heavy (non-hydrogen) atoms. The Labute approximate surface area is 337 Å². The fraction of sp³-hybridized carbons (Fsp3) is 0.267. The number of ether oxygens (including phenoxy) is 3. The van der Waals surface area contributed by atoms with Crippen LogP contribution >= 0.6 is 0 Å². The number of phenolic OH excluding ortho intramolecular Hbond substituents is 1. The molecule has 0 unspecified atom stereocenters. The third-order valence-electron chi connectivity index (χ3n) is 7.75. The number of nitrogens with one attached hydrogen (secondary N) is 1. The zero-order chi connectivity index (χ0) is 44.1. The highest BCUT2D eigenvalue weighted by molar-refractivity contribution is 7.92. The summed E-state index contributed by atoms with van der Waals surface area (Å²) in [4.78, 5) is -1.91. The van der Waals surface area contributed by atoms with E-state index in [1.54, 1.807) is 0 Å². The van der Waals surface area contributed by atoms with Gasteiger partial charge in [0.2, 0.25) is 0 Å². The molecule has 4 rings (SSSR count). The third kappa shape index (κ3) is 11.6. The minimum absolute atomic E-state index is 0.00107. The number of hydrogen-bond donors (Lipinski definition) is 5. The van der Waals surface area contributed by atoms with Gasteiger partial charge in [0.1, 0.15) is 49.8 Å². The van der Waals surface area contributed by atoms with E-state index >= 15 is 0 Å². The van der Waals surface area contributed by atoms with Gasteiger partial charge in [0.15, 0.2) is 25.4 Å². The van der Waals surface area contributed by atoms with Gasteiger partial charge in [-0.3, -0.25) is 13.7 Å². The average Bonchev–Trinajstić information content (AvgIpc) is 3.14. The normalized spacial score (nSPS) is 13.0. The van der Waals surface area contributed by atoms with Crippen molar-refractivity contribution in [3.05, 3.63) is 48.5 Å². The average molecular weight is 928 g/mol. The standard InChI is InChI=1S/C30H33N5O19S5/c1-31-20-7-6-18-19(28(20)34-32-21-13-17(5-8-23(21)50-2)55(37,38)11-9-53-58(44,45)46)14-27(57(41,42)43)29(30(18)36)35-33-22-15-25(52-4)26(16-24(22)51-3)56(39,40)12-10-54-59(47,48)49/h5-8,13-16,31,36H,9-12H2,1-4H3,(H,41,42,43)(H,44,45,46)(H,47,48,49)/b34-32+,35-33+. The van der Waals surface area contributed by atoms with Gasteiger partial charge < -0.3 is 24.6 Å². The van der Waals surface area contributed by atoms with Gasteiger partial charge in [-0.1, -0.05) is 0 Å². The van der Waals surface area contributed by atoms with Gasteiger partial charge in [-0.25, -0.2) is 25.2 Å². The number of nitrogens with zero attached hydrogens (tertiary/aromatic N) is 4. The molecule has 0 atom stereocenters. The second-order valence-electron chi connectivity index (χ2n) is 11.4.